The Morgan fingerprint density at radius 3 is 2.88 bits per heavy atom. The van der Waals surface area contributed by atoms with Crippen molar-refractivity contribution in [3.8, 4) is 0 Å². The first kappa shape index (κ1) is 10.9. The van der Waals surface area contributed by atoms with E-state index in [1.54, 1.807) is 0 Å². The molecule has 0 atom stereocenters. The van der Waals surface area contributed by atoms with Crippen molar-refractivity contribution in [3.63, 3.8) is 0 Å². The average molecular weight is 215 g/mol. The number of benzene rings is 1. The Kier molecular flexibility index (Phi) is 3.37. The van der Waals surface area contributed by atoms with Gasteiger partial charge in [-0.1, -0.05) is 24.3 Å². The van der Waals surface area contributed by atoms with Gasteiger partial charge >= 0.3 is 0 Å². The zero-order chi connectivity index (χ0) is 11.4. The molecule has 1 aromatic heterocycles. The number of nitrogens with one attached hydrogen (secondary N) is 1. The number of aryl methyl sites for hydroxylation is 1. The molecule has 2 rings (SSSR count). The van der Waals surface area contributed by atoms with Gasteiger partial charge < -0.3 is 10.7 Å². The van der Waals surface area contributed by atoms with Crippen LogP contribution in [0.4, 0.5) is 0 Å². The Balaban J connectivity index is 2.02. The van der Waals surface area contributed by atoms with E-state index in [-0.39, 0.29) is 0 Å². The lowest BCUT2D eigenvalue weighted by molar-refractivity contribution is 0.819. The van der Waals surface area contributed by atoms with Crippen molar-refractivity contribution in [1.82, 2.24) is 9.97 Å². The van der Waals surface area contributed by atoms with Gasteiger partial charge in [0.1, 0.15) is 5.82 Å². The molecule has 0 aliphatic carbocycles. The van der Waals surface area contributed by atoms with Crippen molar-refractivity contribution in [1.29, 1.82) is 0 Å². The van der Waals surface area contributed by atoms with Gasteiger partial charge in [-0.2, -0.15) is 0 Å². The van der Waals surface area contributed by atoms with Crippen molar-refractivity contribution in [3.05, 3.63) is 42.2 Å². The van der Waals surface area contributed by atoms with E-state index >= 15 is 0 Å². The maximum Gasteiger partial charge on any atom is 0.107 e. The van der Waals surface area contributed by atoms with Crippen LogP contribution in [0, 0.1) is 0 Å². The van der Waals surface area contributed by atoms with Crippen LogP contribution in [0.25, 0.3) is 11.0 Å². The molecule has 1 aromatic carbocycles. The summed E-state index contributed by atoms with van der Waals surface area (Å²) < 4.78 is 0. The number of aromatic amines is 1. The lowest BCUT2D eigenvalue weighted by Crippen LogP contribution is -2.00. The number of imidazole rings is 1. The Labute approximate surface area is 95.4 Å². The minimum absolute atomic E-state index is 0.680. The van der Waals surface area contributed by atoms with Crippen molar-refractivity contribution >= 4 is 11.0 Å². The maximum absolute atomic E-state index is 5.48. The van der Waals surface area contributed by atoms with Crippen LogP contribution in [0.15, 0.2) is 36.4 Å². The number of nitrogens with zero attached hydrogens (tertiary/aromatic N) is 1. The fourth-order valence-electron chi connectivity index (χ4n) is 1.75. The molecular formula is C13H17N3. The standard InChI is InChI=1S/C13H17N3/c1-10(8-9-14)6-7-13-15-11-4-2-3-5-12(11)16-13/h2-5H,1,6-9,14H2,(H,15,16). The maximum atomic E-state index is 5.48. The molecular weight excluding hydrogens is 198 g/mol. The SMILES string of the molecule is C=C(CCN)CCc1nc2ccccc2[nH]1. The van der Waals surface area contributed by atoms with Crippen LogP contribution in [0.2, 0.25) is 0 Å². The molecule has 0 fully saturated rings. The van der Waals surface area contributed by atoms with Crippen LogP contribution in [-0.2, 0) is 6.42 Å². The van der Waals surface area contributed by atoms with E-state index in [2.05, 4.69) is 16.5 Å². The highest BCUT2D eigenvalue weighted by atomic mass is 14.9. The molecule has 3 nitrogen and oxygen atoms in total. The predicted octanol–water partition coefficient (Wildman–Crippen LogP) is 2.40. The molecule has 84 valence electrons. The van der Waals surface area contributed by atoms with Gasteiger partial charge in [0.25, 0.3) is 0 Å². The quantitative estimate of drug-likeness (QED) is 0.752. The number of aromatic nitrogens is 2. The van der Waals surface area contributed by atoms with Gasteiger partial charge in [0.05, 0.1) is 11.0 Å². The second-order valence-electron chi connectivity index (χ2n) is 3.99. The normalized spacial score (nSPS) is 10.8. The Morgan fingerprint density at radius 2 is 2.12 bits per heavy atom. The zero-order valence-corrected chi connectivity index (χ0v) is 9.37. The molecule has 0 unspecified atom stereocenters. The number of H-pyrrole nitrogens is 1. The minimum atomic E-state index is 0.680. The molecule has 0 aliphatic heterocycles. The minimum Gasteiger partial charge on any atom is -0.342 e. The number of hydrogen-bond donors (Lipinski definition) is 2. The van der Waals surface area contributed by atoms with Gasteiger partial charge in [-0.05, 0) is 31.5 Å². The molecule has 3 heteroatoms. The number of fused-ring (bicyclic) bond motifs is 1. The first-order chi connectivity index (χ1) is 7.79. The summed E-state index contributed by atoms with van der Waals surface area (Å²) in [4.78, 5) is 7.83. The fraction of sp³-hybridized carbons (Fsp3) is 0.308. The highest BCUT2D eigenvalue weighted by Gasteiger charge is 2.02. The highest BCUT2D eigenvalue weighted by Crippen LogP contribution is 2.13. The smallest absolute Gasteiger partial charge is 0.107 e. The zero-order valence-electron chi connectivity index (χ0n) is 9.37. The van der Waals surface area contributed by atoms with Crippen LogP contribution >= 0.6 is 0 Å². The molecule has 0 aliphatic rings. The summed E-state index contributed by atoms with van der Waals surface area (Å²) in [5.41, 5.74) is 8.80. The third-order valence-corrected chi connectivity index (χ3v) is 2.65. The molecule has 0 spiro atoms. The fourth-order valence-corrected chi connectivity index (χ4v) is 1.75. The summed E-state index contributed by atoms with van der Waals surface area (Å²) in [7, 11) is 0. The van der Waals surface area contributed by atoms with E-state index in [1.165, 1.54) is 5.57 Å². The van der Waals surface area contributed by atoms with Crippen molar-refractivity contribution in [2.24, 2.45) is 5.73 Å². The van der Waals surface area contributed by atoms with E-state index in [1.807, 2.05) is 24.3 Å². The largest absolute Gasteiger partial charge is 0.342 e. The number of rotatable bonds is 5. The Bertz CT molecular complexity index is 452. The van der Waals surface area contributed by atoms with Crippen LogP contribution < -0.4 is 5.73 Å². The summed E-state index contributed by atoms with van der Waals surface area (Å²) >= 11 is 0. The highest BCUT2D eigenvalue weighted by molar-refractivity contribution is 5.74. The van der Waals surface area contributed by atoms with Gasteiger partial charge in [0.15, 0.2) is 0 Å². The van der Waals surface area contributed by atoms with Gasteiger partial charge in [-0.3, -0.25) is 0 Å². The van der Waals surface area contributed by atoms with Gasteiger partial charge in [-0.15, -0.1) is 0 Å². The molecule has 0 saturated heterocycles. The summed E-state index contributed by atoms with van der Waals surface area (Å²) in [6.07, 6.45) is 2.77. The van der Waals surface area contributed by atoms with Crippen LogP contribution in [0.3, 0.4) is 0 Å². The summed E-state index contributed by atoms with van der Waals surface area (Å²) in [5, 5.41) is 0. The van der Waals surface area contributed by atoms with E-state index in [0.29, 0.717) is 6.54 Å². The lowest BCUT2D eigenvalue weighted by atomic mass is 10.1. The van der Waals surface area contributed by atoms with Crippen LogP contribution in [0.1, 0.15) is 18.7 Å². The number of hydrogen-bond acceptors (Lipinski definition) is 2. The molecule has 0 bridgehead atoms. The topological polar surface area (TPSA) is 54.7 Å². The summed E-state index contributed by atoms with van der Waals surface area (Å²) in [5.74, 6) is 1.03. The molecule has 3 N–H and O–H groups in total. The molecule has 0 amide bonds. The summed E-state index contributed by atoms with van der Waals surface area (Å²) in [6, 6.07) is 8.07. The van der Waals surface area contributed by atoms with Crippen LogP contribution in [-0.4, -0.2) is 16.5 Å². The van der Waals surface area contributed by atoms with Gasteiger partial charge in [0.2, 0.25) is 0 Å². The molecule has 2 aromatic rings. The van der Waals surface area contributed by atoms with Crippen LogP contribution in [0.5, 0.6) is 0 Å². The average Bonchev–Trinajstić information content (AvgIpc) is 2.69. The summed E-state index contributed by atoms with van der Waals surface area (Å²) in [6.45, 7) is 4.67. The van der Waals surface area contributed by atoms with E-state index in [9.17, 15) is 0 Å². The van der Waals surface area contributed by atoms with E-state index in [4.69, 9.17) is 5.73 Å². The molecule has 0 radical (unpaired) electrons. The van der Waals surface area contributed by atoms with Gasteiger partial charge in [-0.25, -0.2) is 4.98 Å². The monoisotopic (exact) mass is 215 g/mol. The first-order valence-corrected chi connectivity index (χ1v) is 5.60. The second kappa shape index (κ2) is 4.94. The Morgan fingerprint density at radius 1 is 1.31 bits per heavy atom. The van der Waals surface area contributed by atoms with Crippen molar-refractivity contribution < 1.29 is 0 Å². The van der Waals surface area contributed by atoms with Gasteiger partial charge in [0, 0.05) is 6.42 Å². The number of para-hydroxylation sites is 2. The molecule has 0 saturated carbocycles. The van der Waals surface area contributed by atoms with E-state index in [0.717, 1.165) is 36.1 Å². The first-order valence-electron chi connectivity index (χ1n) is 5.60. The Hall–Kier alpha value is -1.61. The molecule has 16 heavy (non-hydrogen) atoms. The van der Waals surface area contributed by atoms with Crippen molar-refractivity contribution in [2.75, 3.05) is 6.54 Å². The third kappa shape index (κ3) is 2.49. The predicted molar refractivity (Wildman–Crippen MR) is 67.2 cm³/mol. The van der Waals surface area contributed by atoms with Crippen molar-refractivity contribution in [2.45, 2.75) is 19.3 Å². The number of nitrogens with two attached hydrogens (primary N) is 1. The lowest BCUT2D eigenvalue weighted by Gasteiger charge is -2.01. The second-order valence-corrected chi connectivity index (χ2v) is 3.99. The molecule has 1 heterocycles. The third-order valence-electron chi connectivity index (χ3n) is 2.65. The van der Waals surface area contributed by atoms with E-state index < -0.39 is 0 Å².